The molecule has 1 fully saturated rings. The number of alkyl halides is 3. The lowest BCUT2D eigenvalue weighted by atomic mass is 9.97. The molecule has 0 aromatic carbocycles. The minimum absolute atomic E-state index is 0.0124. The van der Waals surface area contributed by atoms with Crippen molar-refractivity contribution < 1.29 is 17.9 Å². The van der Waals surface area contributed by atoms with E-state index in [4.69, 9.17) is 4.74 Å². The van der Waals surface area contributed by atoms with Gasteiger partial charge < -0.3 is 10.1 Å². The second-order valence-corrected chi connectivity index (χ2v) is 3.96. The van der Waals surface area contributed by atoms with Crippen LogP contribution >= 0.6 is 0 Å². The highest BCUT2D eigenvalue weighted by molar-refractivity contribution is 4.78. The van der Waals surface area contributed by atoms with Gasteiger partial charge in [-0.2, -0.15) is 13.2 Å². The summed E-state index contributed by atoms with van der Waals surface area (Å²) >= 11 is 0. The van der Waals surface area contributed by atoms with Crippen molar-refractivity contribution in [1.82, 2.24) is 5.32 Å². The van der Waals surface area contributed by atoms with E-state index in [-0.39, 0.29) is 12.6 Å². The summed E-state index contributed by atoms with van der Waals surface area (Å²) in [6.45, 7) is 3.42. The lowest BCUT2D eigenvalue weighted by molar-refractivity contribution is -0.133. The Hall–Kier alpha value is -0.290. The summed E-state index contributed by atoms with van der Waals surface area (Å²) in [7, 11) is 0. The Bertz CT molecular complexity index is 178. The zero-order chi connectivity index (χ0) is 11.3. The van der Waals surface area contributed by atoms with Crippen molar-refractivity contribution in [2.24, 2.45) is 5.92 Å². The molecule has 0 amide bonds. The zero-order valence-corrected chi connectivity index (χ0v) is 8.94. The van der Waals surface area contributed by atoms with Crippen molar-refractivity contribution in [1.29, 1.82) is 0 Å². The quantitative estimate of drug-likeness (QED) is 0.775. The van der Waals surface area contributed by atoms with Gasteiger partial charge in [0.1, 0.15) is 0 Å². The van der Waals surface area contributed by atoms with E-state index in [0.717, 1.165) is 19.4 Å². The van der Waals surface area contributed by atoms with E-state index < -0.39 is 12.6 Å². The molecular formula is C10H18F3NO. The predicted octanol–water partition coefficient (Wildman–Crippen LogP) is 2.34. The Morgan fingerprint density at radius 1 is 1.47 bits per heavy atom. The molecule has 15 heavy (non-hydrogen) atoms. The van der Waals surface area contributed by atoms with Crippen molar-refractivity contribution >= 4 is 0 Å². The average molecular weight is 225 g/mol. The molecule has 0 aromatic rings. The van der Waals surface area contributed by atoms with Crippen molar-refractivity contribution in [2.75, 3.05) is 19.8 Å². The summed E-state index contributed by atoms with van der Waals surface area (Å²) in [5.41, 5.74) is 0. The van der Waals surface area contributed by atoms with Crippen molar-refractivity contribution in [3.63, 3.8) is 0 Å². The maximum atomic E-state index is 11.9. The van der Waals surface area contributed by atoms with Crippen LogP contribution in [-0.2, 0) is 4.74 Å². The summed E-state index contributed by atoms with van der Waals surface area (Å²) in [6, 6.07) is 0.162. The number of rotatable bonds is 5. The van der Waals surface area contributed by atoms with Gasteiger partial charge in [-0.3, -0.25) is 0 Å². The molecule has 2 atom stereocenters. The first-order valence-electron chi connectivity index (χ1n) is 5.41. The largest absolute Gasteiger partial charge is 0.390 e. The first kappa shape index (κ1) is 12.8. The highest BCUT2D eigenvalue weighted by atomic mass is 19.4. The van der Waals surface area contributed by atoms with E-state index in [9.17, 15) is 13.2 Å². The van der Waals surface area contributed by atoms with E-state index >= 15 is 0 Å². The van der Waals surface area contributed by atoms with Crippen LogP contribution in [0.1, 0.15) is 26.2 Å². The number of halogens is 3. The van der Waals surface area contributed by atoms with Crippen molar-refractivity contribution in [3.05, 3.63) is 0 Å². The fourth-order valence-corrected chi connectivity index (χ4v) is 1.91. The Kier molecular flexibility index (Phi) is 4.86. The molecule has 90 valence electrons. The van der Waals surface area contributed by atoms with Crippen LogP contribution in [0.15, 0.2) is 0 Å². The smallest absolute Gasteiger partial charge is 0.381 e. The second kappa shape index (κ2) is 5.70. The molecule has 5 heteroatoms. The molecule has 0 radical (unpaired) electrons. The summed E-state index contributed by atoms with van der Waals surface area (Å²) in [5, 5.41) is 2.97. The van der Waals surface area contributed by atoms with Crippen molar-refractivity contribution in [2.45, 2.75) is 38.4 Å². The van der Waals surface area contributed by atoms with Crippen LogP contribution in [0.25, 0.3) is 0 Å². The van der Waals surface area contributed by atoms with Gasteiger partial charge in [-0.1, -0.05) is 6.92 Å². The molecule has 1 rings (SSSR count). The molecular weight excluding hydrogens is 207 g/mol. The maximum Gasteiger partial charge on any atom is 0.390 e. The molecule has 0 saturated carbocycles. The Morgan fingerprint density at radius 3 is 2.67 bits per heavy atom. The number of hydrogen-bond donors (Lipinski definition) is 1. The summed E-state index contributed by atoms with van der Waals surface area (Å²) in [6.07, 6.45) is -3.00. The van der Waals surface area contributed by atoms with Gasteiger partial charge in [-0.15, -0.1) is 0 Å². The molecule has 2 unspecified atom stereocenters. The van der Waals surface area contributed by atoms with Gasteiger partial charge in [0.2, 0.25) is 0 Å². The Labute approximate surface area is 88.2 Å². The first-order valence-corrected chi connectivity index (χ1v) is 5.41. The molecule has 0 aliphatic carbocycles. The Balaban J connectivity index is 2.21. The molecule has 0 spiro atoms. The number of nitrogens with one attached hydrogen (secondary N) is 1. The topological polar surface area (TPSA) is 21.3 Å². The van der Waals surface area contributed by atoms with E-state index in [2.05, 4.69) is 5.32 Å². The number of hydrogen-bond acceptors (Lipinski definition) is 2. The van der Waals surface area contributed by atoms with Crippen LogP contribution in [0, 0.1) is 5.92 Å². The van der Waals surface area contributed by atoms with E-state index in [1.54, 1.807) is 0 Å². The van der Waals surface area contributed by atoms with Crippen LogP contribution < -0.4 is 5.32 Å². The second-order valence-electron chi connectivity index (χ2n) is 3.96. The molecule has 1 aliphatic rings. The lowest BCUT2D eigenvalue weighted by Crippen LogP contribution is -2.37. The summed E-state index contributed by atoms with van der Waals surface area (Å²) < 4.78 is 41.0. The number of ether oxygens (including phenoxy) is 1. The van der Waals surface area contributed by atoms with Crippen LogP contribution in [0.4, 0.5) is 13.2 Å². The van der Waals surface area contributed by atoms with Gasteiger partial charge in [0.15, 0.2) is 0 Å². The van der Waals surface area contributed by atoms with E-state index in [1.165, 1.54) is 0 Å². The van der Waals surface area contributed by atoms with Crippen molar-refractivity contribution in [3.8, 4) is 0 Å². The third-order valence-corrected chi connectivity index (χ3v) is 2.79. The highest BCUT2D eigenvalue weighted by Crippen LogP contribution is 2.21. The summed E-state index contributed by atoms with van der Waals surface area (Å²) in [4.78, 5) is 0. The molecule has 0 bridgehead atoms. The molecule has 1 saturated heterocycles. The fraction of sp³-hybridized carbons (Fsp3) is 1.00. The fourth-order valence-electron chi connectivity index (χ4n) is 1.91. The van der Waals surface area contributed by atoms with E-state index in [1.807, 2.05) is 6.92 Å². The van der Waals surface area contributed by atoms with Crippen LogP contribution in [-0.4, -0.2) is 32.0 Å². The summed E-state index contributed by atoms with van der Waals surface area (Å²) in [5.74, 6) is 0.378. The van der Waals surface area contributed by atoms with Crippen LogP contribution in [0.5, 0.6) is 0 Å². The molecule has 2 nitrogen and oxygen atoms in total. The van der Waals surface area contributed by atoms with Gasteiger partial charge in [0.05, 0.1) is 13.0 Å². The van der Waals surface area contributed by atoms with Gasteiger partial charge in [0, 0.05) is 19.2 Å². The third-order valence-electron chi connectivity index (χ3n) is 2.79. The minimum atomic E-state index is -4.06. The average Bonchev–Trinajstić information content (AvgIpc) is 2.63. The van der Waals surface area contributed by atoms with E-state index in [0.29, 0.717) is 12.5 Å². The Morgan fingerprint density at radius 2 is 2.20 bits per heavy atom. The monoisotopic (exact) mass is 225 g/mol. The predicted molar refractivity (Wildman–Crippen MR) is 51.7 cm³/mol. The van der Waals surface area contributed by atoms with Gasteiger partial charge in [0.25, 0.3) is 0 Å². The third kappa shape index (κ3) is 4.84. The van der Waals surface area contributed by atoms with Gasteiger partial charge >= 0.3 is 6.18 Å². The first-order chi connectivity index (χ1) is 7.03. The molecule has 1 N–H and O–H groups in total. The van der Waals surface area contributed by atoms with Gasteiger partial charge in [-0.25, -0.2) is 0 Å². The van der Waals surface area contributed by atoms with Crippen LogP contribution in [0.2, 0.25) is 0 Å². The maximum absolute atomic E-state index is 11.9. The molecule has 1 heterocycles. The SMILES string of the molecule is CCC(NCCC(F)(F)F)C1CCOC1. The zero-order valence-electron chi connectivity index (χ0n) is 8.94. The normalized spacial score (nSPS) is 24.4. The minimum Gasteiger partial charge on any atom is -0.381 e. The molecule has 0 aromatic heterocycles. The molecule has 1 aliphatic heterocycles. The lowest BCUT2D eigenvalue weighted by Gasteiger charge is -2.22. The standard InChI is InChI=1S/C10H18F3NO/c1-2-9(8-3-6-15-7-8)14-5-4-10(11,12)13/h8-9,14H,2-7H2,1H3. The highest BCUT2D eigenvalue weighted by Gasteiger charge is 2.28. The van der Waals surface area contributed by atoms with Gasteiger partial charge in [-0.05, 0) is 18.8 Å². The van der Waals surface area contributed by atoms with Crippen LogP contribution in [0.3, 0.4) is 0 Å².